The van der Waals surface area contributed by atoms with Gasteiger partial charge in [0.25, 0.3) is 0 Å². The molecule has 1 unspecified atom stereocenters. The first-order valence-corrected chi connectivity index (χ1v) is 8.32. The summed E-state index contributed by atoms with van der Waals surface area (Å²) in [5, 5.41) is 2.42. The summed E-state index contributed by atoms with van der Waals surface area (Å²) in [6.07, 6.45) is -0.0930. The molecule has 0 fully saturated rings. The predicted molar refractivity (Wildman–Crippen MR) is 100 cm³/mol. The Hall–Kier alpha value is -3.07. The van der Waals surface area contributed by atoms with Crippen molar-refractivity contribution < 1.29 is 9.15 Å². The van der Waals surface area contributed by atoms with Gasteiger partial charge in [0, 0.05) is 10.9 Å². The molecule has 0 aliphatic carbocycles. The first-order valence-electron chi connectivity index (χ1n) is 8.32. The summed E-state index contributed by atoms with van der Waals surface area (Å²) in [7, 11) is 0. The third-order valence-corrected chi connectivity index (χ3v) is 4.56. The molecule has 0 N–H and O–H groups in total. The molecule has 0 bridgehead atoms. The van der Waals surface area contributed by atoms with Crippen LogP contribution in [-0.2, 0) is 0 Å². The maximum absolute atomic E-state index is 12.3. The van der Waals surface area contributed by atoms with Crippen LogP contribution in [0.15, 0.2) is 75.9 Å². The number of aryl methyl sites for hydroxylation is 1. The standard InChI is InChI=1S/C22H18O3/c1-14-20(24-15(2)16-8-4-3-5-9-16)13-12-18-17-10-6-7-11-19(17)22(23)25-21(14)18/h3-13,15H,1-2H3. The molecule has 4 aromatic rings. The molecule has 3 heteroatoms. The Kier molecular flexibility index (Phi) is 3.77. The highest BCUT2D eigenvalue weighted by molar-refractivity contribution is 6.05. The second-order valence-corrected chi connectivity index (χ2v) is 6.17. The van der Waals surface area contributed by atoms with Crippen LogP contribution in [0.2, 0.25) is 0 Å². The zero-order valence-corrected chi connectivity index (χ0v) is 14.2. The number of benzene rings is 3. The molecule has 4 rings (SSSR count). The fourth-order valence-electron chi connectivity index (χ4n) is 3.17. The molecule has 0 spiro atoms. The van der Waals surface area contributed by atoms with Crippen molar-refractivity contribution in [3.63, 3.8) is 0 Å². The van der Waals surface area contributed by atoms with Crippen molar-refractivity contribution >= 4 is 21.7 Å². The van der Waals surface area contributed by atoms with Gasteiger partial charge in [0.05, 0.1) is 5.39 Å². The van der Waals surface area contributed by atoms with E-state index in [4.69, 9.17) is 9.15 Å². The Morgan fingerprint density at radius 2 is 1.52 bits per heavy atom. The van der Waals surface area contributed by atoms with E-state index < -0.39 is 0 Å². The van der Waals surface area contributed by atoms with Crippen LogP contribution in [-0.4, -0.2) is 0 Å². The normalized spacial score (nSPS) is 12.4. The van der Waals surface area contributed by atoms with Crippen molar-refractivity contribution in [2.24, 2.45) is 0 Å². The van der Waals surface area contributed by atoms with Crippen LogP contribution < -0.4 is 10.4 Å². The number of ether oxygens (including phenoxy) is 1. The van der Waals surface area contributed by atoms with Gasteiger partial charge in [-0.2, -0.15) is 0 Å². The number of fused-ring (bicyclic) bond motifs is 3. The molecule has 124 valence electrons. The number of hydrogen-bond acceptors (Lipinski definition) is 3. The molecular weight excluding hydrogens is 312 g/mol. The van der Waals surface area contributed by atoms with E-state index in [0.717, 1.165) is 27.6 Å². The minimum Gasteiger partial charge on any atom is -0.486 e. The second kappa shape index (κ2) is 6.10. The second-order valence-electron chi connectivity index (χ2n) is 6.17. The summed E-state index contributed by atoms with van der Waals surface area (Å²) >= 11 is 0. The maximum Gasteiger partial charge on any atom is 0.344 e. The SMILES string of the molecule is Cc1c(OC(C)c2ccccc2)ccc2c1oc(=O)c1ccccc12. The van der Waals surface area contributed by atoms with Crippen molar-refractivity contribution in [3.05, 3.63) is 88.3 Å². The third-order valence-electron chi connectivity index (χ3n) is 4.56. The lowest BCUT2D eigenvalue weighted by molar-refractivity contribution is 0.225. The van der Waals surface area contributed by atoms with Crippen LogP contribution in [0, 0.1) is 6.92 Å². The molecule has 1 aromatic heterocycles. The molecular formula is C22H18O3. The average molecular weight is 330 g/mol. The van der Waals surface area contributed by atoms with Crippen molar-refractivity contribution in [2.75, 3.05) is 0 Å². The highest BCUT2D eigenvalue weighted by Crippen LogP contribution is 2.33. The van der Waals surface area contributed by atoms with Crippen molar-refractivity contribution in [2.45, 2.75) is 20.0 Å². The highest BCUT2D eigenvalue weighted by atomic mass is 16.5. The summed E-state index contributed by atoms with van der Waals surface area (Å²) in [5.41, 5.74) is 2.20. The van der Waals surface area contributed by atoms with E-state index in [0.29, 0.717) is 11.0 Å². The van der Waals surface area contributed by atoms with Gasteiger partial charge in [-0.15, -0.1) is 0 Å². The minimum atomic E-state index is -0.320. The fraction of sp³-hybridized carbons (Fsp3) is 0.136. The third kappa shape index (κ3) is 2.68. The van der Waals surface area contributed by atoms with Crippen LogP contribution >= 0.6 is 0 Å². The van der Waals surface area contributed by atoms with Crippen molar-refractivity contribution in [3.8, 4) is 5.75 Å². The first kappa shape index (κ1) is 15.5. The zero-order valence-electron chi connectivity index (χ0n) is 14.2. The molecule has 0 aliphatic rings. The largest absolute Gasteiger partial charge is 0.486 e. The highest BCUT2D eigenvalue weighted by Gasteiger charge is 2.14. The predicted octanol–water partition coefficient (Wildman–Crippen LogP) is 5.39. The summed E-state index contributed by atoms with van der Waals surface area (Å²) in [4.78, 5) is 12.3. The van der Waals surface area contributed by atoms with Gasteiger partial charge in [0.1, 0.15) is 17.4 Å². The molecule has 1 heterocycles. The smallest absolute Gasteiger partial charge is 0.344 e. The Balaban J connectivity index is 1.83. The summed E-state index contributed by atoms with van der Waals surface area (Å²) in [5.74, 6) is 0.724. The molecule has 0 radical (unpaired) electrons. The molecule has 0 saturated heterocycles. The van der Waals surface area contributed by atoms with E-state index in [9.17, 15) is 4.79 Å². The van der Waals surface area contributed by atoms with Crippen LogP contribution in [0.5, 0.6) is 5.75 Å². The number of hydrogen-bond donors (Lipinski definition) is 0. The molecule has 1 atom stereocenters. The van der Waals surface area contributed by atoms with Crippen LogP contribution in [0.3, 0.4) is 0 Å². The Labute approximate surface area is 145 Å². The molecule has 0 saturated carbocycles. The first-order chi connectivity index (χ1) is 12.1. The van der Waals surface area contributed by atoms with Gasteiger partial charge in [0.2, 0.25) is 0 Å². The van der Waals surface area contributed by atoms with Crippen molar-refractivity contribution in [1.29, 1.82) is 0 Å². The van der Waals surface area contributed by atoms with Crippen molar-refractivity contribution in [1.82, 2.24) is 0 Å². The summed E-state index contributed by atoms with van der Waals surface area (Å²) in [6.45, 7) is 3.93. The Bertz CT molecular complexity index is 1110. The quantitative estimate of drug-likeness (QED) is 0.373. The van der Waals surface area contributed by atoms with Gasteiger partial charge < -0.3 is 9.15 Å². The Morgan fingerprint density at radius 3 is 2.28 bits per heavy atom. The van der Waals surface area contributed by atoms with Gasteiger partial charge in [-0.25, -0.2) is 4.79 Å². The molecule has 25 heavy (non-hydrogen) atoms. The fourth-order valence-corrected chi connectivity index (χ4v) is 3.17. The summed E-state index contributed by atoms with van der Waals surface area (Å²) < 4.78 is 11.7. The van der Waals surface area contributed by atoms with Gasteiger partial charge in [0.15, 0.2) is 0 Å². The van der Waals surface area contributed by atoms with E-state index in [-0.39, 0.29) is 11.7 Å². The number of rotatable bonds is 3. The van der Waals surface area contributed by atoms with E-state index >= 15 is 0 Å². The van der Waals surface area contributed by atoms with Crippen LogP contribution in [0.4, 0.5) is 0 Å². The lowest BCUT2D eigenvalue weighted by atomic mass is 10.0. The van der Waals surface area contributed by atoms with Gasteiger partial charge >= 0.3 is 5.63 Å². The molecule has 0 aliphatic heterocycles. The van der Waals surface area contributed by atoms with Crippen LogP contribution in [0.25, 0.3) is 21.7 Å². The van der Waals surface area contributed by atoms with E-state index in [1.165, 1.54) is 0 Å². The van der Waals surface area contributed by atoms with E-state index in [1.54, 1.807) is 6.07 Å². The van der Waals surface area contributed by atoms with Crippen LogP contribution in [0.1, 0.15) is 24.2 Å². The lowest BCUT2D eigenvalue weighted by Gasteiger charge is -2.17. The maximum atomic E-state index is 12.3. The van der Waals surface area contributed by atoms with E-state index in [2.05, 4.69) is 0 Å². The summed E-state index contributed by atoms with van der Waals surface area (Å²) in [6, 6.07) is 21.5. The Morgan fingerprint density at radius 1 is 0.840 bits per heavy atom. The topological polar surface area (TPSA) is 39.4 Å². The molecule has 3 nitrogen and oxygen atoms in total. The minimum absolute atomic E-state index is 0.0930. The zero-order chi connectivity index (χ0) is 17.4. The van der Waals surface area contributed by atoms with Gasteiger partial charge in [-0.1, -0.05) is 48.5 Å². The molecule has 0 amide bonds. The lowest BCUT2D eigenvalue weighted by Crippen LogP contribution is -2.05. The monoisotopic (exact) mass is 330 g/mol. The van der Waals surface area contributed by atoms with E-state index in [1.807, 2.05) is 74.5 Å². The van der Waals surface area contributed by atoms with Gasteiger partial charge in [-0.05, 0) is 43.0 Å². The average Bonchev–Trinajstić information content (AvgIpc) is 2.65. The van der Waals surface area contributed by atoms with Gasteiger partial charge in [-0.3, -0.25) is 0 Å². The molecule has 3 aromatic carbocycles.